The van der Waals surface area contributed by atoms with Gasteiger partial charge in [-0.2, -0.15) is 0 Å². The molecule has 116 valence electrons. The van der Waals surface area contributed by atoms with Crippen molar-refractivity contribution < 1.29 is 14.5 Å². The second-order valence-corrected chi connectivity index (χ2v) is 5.17. The van der Waals surface area contributed by atoms with Gasteiger partial charge in [0.2, 0.25) is 0 Å². The van der Waals surface area contributed by atoms with E-state index >= 15 is 0 Å². The smallest absolute Gasteiger partial charge is 0.337 e. The molecule has 0 unspecified atom stereocenters. The van der Waals surface area contributed by atoms with Crippen molar-refractivity contribution in [1.29, 1.82) is 0 Å². The maximum Gasteiger partial charge on any atom is 0.337 e. The van der Waals surface area contributed by atoms with Crippen molar-refractivity contribution in [2.45, 2.75) is 13.0 Å². The van der Waals surface area contributed by atoms with Crippen LogP contribution in [0.2, 0.25) is 0 Å². The highest BCUT2D eigenvalue weighted by atomic mass is 32.1. The van der Waals surface area contributed by atoms with Crippen molar-refractivity contribution in [2.24, 2.45) is 0 Å². The number of esters is 1. The second kappa shape index (κ2) is 6.10. The van der Waals surface area contributed by atoms with Gasteiger partial charge in [0.25, 0.3) is 5.69 Å². The second-order valence-electron chi connectivity index (χ2n) is 4.78. The fourth-order valence-electron chi connectivity index (χ4n) is 2.25. The summed E-state index contributed by atoms with van der Waals surface area (Å²) in [5, 5.41) is 14.3. The molecule has 1 aromatic carbocycles. The van der Waals surface area contributed by atoms with E-state index in [1.165, 1.54) is 19.2 Å². The van der Waals surface area contributed by atoms with Gasteiger partial charge in [-0.05, 0) is 36.8 Å². The summed E-state index contributed by atoms with van der Waals surface area (Å²) in [5.41, 5.74) is 1.78. The van der Waals surface area contributed by atoms with Crippen LogP contribution in [0.3, 0.4) is 0 Å². The van der Waals surface area contributed by atoms with Crippen LogP contribution < -0.4 is 5.32 Å². The van der Waals surface area contributed by atoms with Gasteiger partial charge in [-0.3, -0.25) is 10.1 Å². The van der Waals surface area contributed by atoms with E-state index in [-0.39, 0.29) is 5.69 Å². The lowest BCUT2D eigenvalue weighted by atomic mass is 9.95. The van der Waals surface area contributed by atoms with Gasteiger partial charge in [-0.1, -0.05) is 0 Å². The maximum atomic E-state index is 12.1. The van der Waals surface area contributed by atoms with Crippen LogP contribution in [0.1, 0.15) is 18.5 Å². The fourth-order valence-corrected chi connectivity index (χ4v) is 2.50. The quantitative estimate of drug-likeness (QED) is 0.394. The van der Waals surface area contributed by atoms with Gasteiger partial charge in [0.15, 0.2) is 5.11 Å². The van der Waals surface area contributed by atoms with Crippen molar-refractivity contribution >= 4 is 29.0 Å². The number of nitrogens with zero attached hydrogens (tertiary/aromatic N) is 2. The minimum atomic E-state index is -0.503. The van der Waals surface area contributed by atoms with Crippen LogP contribution in [0.15, 0.2) is 35.5 Å². The molecule has 0 aromatic heterocycles. The van der Waals surface area contributed by atoms with Crippen molar-refractivity contribution in [3.63, 3.8) is 0 Å². The van der Waals surface area contributed by atoms with Crippen molar-refractivity contribution in [3.8, 4) is 0 Å². The van der Waals surface area contributed by atoms with Crippen molar-refractivity contribution in [1.82, 2.24) is 10.2 Å². The minimum Gasteiger partial charge on any atom is -0.466 e. The van der Waals surface area contributed by atoms with Crippen LogP contribution in [-0.2, 0) is 9.53 Å². The zero-order valence-corrected chi connectivity index (χ0v) is 13.1. The molecule has 1 aliphatic rings. The Bertz CT molecular complexity index is 669. The van der Waals surface area contributed by atoms with E-state index in [4.69, 9.17) is 17.0 Å². The Morgan fingerprint density at radius 3 is 2.50 bits per heavy atom. The SMILES string of the molecule is COC(=O)C1=C(C)N(C)C(=S)N[C@@H]1c1ccc([N+](=O)[O-])cc1. The minimum absolute atomic E-state index is 0.0143. The van der Waals surface area contributed by atoms with Gasteiger partial charge >= 0.3 is 5.97 Å². The number of allylic oxidation sites excluding steroid dienone is 1. The van der Waals surface area contributed by atoms with Gasteiger partial charge in [-0.25, -0.2) is 4.79 Å². The Balaban J connectivity index is 2.49. The fraction of sp³-hybridized carbons (Fsp3) is 0.286. The highest BCUT2D eigenvalue weighted by molar-refractivity contribution is 7.80. The molecule has 1 heterocycles. The largest absolute Gasteiger partial charge is 0.466 e. The first kappa shape index (κ1) is 15.9. The monoisotopic (exact) mass is 321 g/mol. The maximum absolute atomic E-state index is 12.1. The zero-order valence-electron chi connectivity index (χ0n) is 12.3. The molecule has 0 amide bonds. The van der Waals surface area contributed by atoms with Gasteiger partial charge < -0.3 is 15.0 Å². The number of thiocarbonyl (C=S) groups is 1. The summed E-state index contributed by atoms with van der Waals surface area (Å²) in [6.07, 6.45) is 0. The van der Waals surface area contributed by atoms with Crippen LogP contribution in [-0.4, -0.2) is 35.1 Å². The summed E-state index contributed by atoms with van der Waals surface area (Å²) in [4.78, 5) is 24.0. The number of carbonyl (C=O) groups excluding carboxylic acids is 1. The third-order valence-corrected chi connectivity index (χ3v) is 3.99. The average Bonchev–Trinajstić information content (AvgIpc) is 2.51. The Kier molecular flexibility index (Phi) is 4.41. The predicted molar refractivity (Wildman–Crippen MR) is 84.1 cm³/mol. The molecular weight excluding hydrogens is 306 g/mol. The molecule has 0 fully saturated rings. The molecule has 0 radical (unpaired) electrons. The number of hydrogen-bond acceptors (Lipinski definition) is 5. The molecule has 8 heteroatoms. The number of nitro groups is 1. The number of hydrogen-bond donors (Lipinski definition) is 1. The molecule has 1 aromatic rings. The number of nitrogens with one attached hydrogen (secondary N) is 1. The first-order valence-electron chi connectivity index (χ1n) is 6.44. The van der Waals surface area contributed by atoms with E-state index in [2.05, 4.69) is 5.32 Å². The average molecular weight is 321 g/mol. The predicted octanol–water partition coefficient (Wildman–Crippen LogP) is 1.90. The Labute approximate surface area is 132 Å². The molecule has 7 nitrogen and oxygen atoms in total. The number of rotatable bonds is 3. The van der Waals surface area contributed by atoms with Gasteiger partial charge in [0.05, 0.1) is 23.6 Å². The van der Waals surface area contributed by atoms with Crippen molar-refractivity contribution in [2.75, 3.05) is 14.2 Å². The molecule has 0 spiro atoms. The molecular formula is C14H15N3O4S. The van der Waals surface area contributed by atoms with E-state index in [0.29, 0.717) is 21.9 Å². The molecule has 1 atom stereocenters. The van der Waals surface area contributed by atoms with E-state index in [9.17, 15) is 14.9 Å². The highest BCUT2D eigenvalue weighted by Gasteiger charge is 2.33. The number of ether oxygens (including phenoxy) is 1. The first-order valence-corrected chi connectivity index (χ1v) is 6.85. The molecule has 0 bridgehead atoms. The van der Waals surface area contributed by atoms with Crippen LogP contribution >= 0.6 is 12.2 Å². The summed E-state index contributed by atoms with van der Waals surface area (Å²) in [7, 11) is 3.06. The number of non-ortho nitro benzene ring substituents is 1. The van der Waals surface area contributed by atoms with Crippen molar-refractivity contribution in [3.05, 3.63) is 51.2 Å². The van der Waals surface area contributed by atoms with Crippen LogP contribution in [0.5, 0.6) is 0 Å². The first-order chi connectivity index (χ1) is 10.4. The zero-order chi connectivity index (χ0) is 16.4. The third-order valence-electron chi connectivity index (χ3n) is 3.60. The Morgan fingerprint density at radius 1 is 1.41 bits per heavy atom. The van der Waals surface area contributed by atoms with Crippen LogP contribution in [0.25, 0.3) is 0 Å². The van der Waals surface area contributed by atoms with Gasteiger partial charge in [0, 0.05) is 24.9 Å². The lowest BCUT2D eigenvalue weighted by Crippen LogP contribution is -2.46. The standard InChI is InChI=1S/C14H15N3O4S/c1-8-11(13(18)21-3)12(15-14(22)16(8)2)9-4-6-10(7-5-9)17(19)20/h4-7,12H,1-3H3,(H,15,22)/t12-/m1/s1. The lowest BCUT2D eigenvalue weighted by molar-refractivity contribution is -0.384. The highest BCUT2D eigenvalue weighted by Crippen LogP contribution is 2.31. The number of benzene rings is 1. The topological polar surface area (TPSA) is 84.7 Å². The Hall–Kier alpha value is -2.48. The van der Waals surface area contributed by atoms with E-state index in [1.54, 1.807) is 31.0 Å². The summed E-state index contributed by atoms with van der Waals surface area (Å²) in [6, 6.07) is 5.47. The molecule has 0 aliphatic carbocycles. The van der Waals surface area contributed by atoms with Gasteiger partial charge in [-0.15, -0.1) is 0 Å². The molecule has 0 saturated carbocycles. The lowest BCUT2D eigenvalue weighted by Gasteiger charge is -2.35. The summed E-state index contributed by atoms with van der Waals surface area (Å²) in [6.45, 7) is 1.78. The molecule has 22 heavy (non-hydrogen) atoms. The van der Waals surface area contributed by atoms with E-state index in [0.717, 1.165) is 0 Å². The number of carbonyl (C=O) groups is 1. The van der Waals surface area contributed by atoms with E-state index in [1.807, 2.05) is 0 Å². The Morgan fingerprint density at radius 2 is 2.00 bits per heavy atom. The third kappa shape index (κ3) is 2.77. The number of nitro benzene ring substituents is 1. The summed E-state index contributed by atoms with van der Waals surface area (Å²) in [5.74, 6) is -0.470. The van der Waals surface area contributed by atoms with E-state index < -0.39 is 16.9 Å². The molecule has 1 aliphatic heterocycles. The summed E-state index contributed by atoms with van der Waals surface area (Å²) >= 11 is 5.25. The molecule has 1 N–H and O–H groups in total. The molecule has 2 rings (SSSR count). The van der Waals surface area contributed by atoms with Gasteiger partial charge in [0.1, 0.15) is 0 Å². The molecule has 0 saturated heterocycles. The van der Waals surface area contributed by atoms with Crippen LogP contribution in [0.4, 0.5) is 5.69 Å². The number of methoxy groups -OCH3 is 1. The normalized spacial score (nSPS) is 18.0. The van der Waals surface area contributed by atoms with Crippen LogP contribution in [0, 0.1) is 10.1 Å². The summed E-state index contributed by atoms with van der Waals surface area (Å²) < 4.78 is 4.84.